The van der Waals surface area contributed by atoms with Gasteiger partial charge in [-0.15, -0.1) is 0 Å². The second-order valence-electron chi connectivity index (χ2n) is 4.29. The number of hydrogen-bond donors (Lipinski definition) is 0. The van der Waals surface area contributed by atoms with E-state index in [1.165, 1.54) is 5.56 Å². The van der Waals surface area contributed by atoms with Gasteiger partial charge in [-0.25, -0.2) is 0 Å². The summed E-state index contributed by atoms with van der Waals surface area (Å²) in [5.41, 5.74) is 5.47. The van der Waals surface area contributed by atoms with Crippen LogP contribution in [0.4, 0.5) is 0 Å². The van der Waals surface area contributed by atoms with Gasteiger partial charge in [0.15, 0.2) is 5.78 Å². The Morgan fingerprint density at radius 2 is 2.00 bits per heavy atom. The Labute approximate surface area is 116 Å². The van der Waals surface area contributed by atoms with E-state index in [-0.39, 0.29) is 5.78 Å². The molecule has 86 valence electrons. The minimum absolute atomic E-state index is 0.121. The predicted octanol–water partition coefficient (Wildman–Crippen LogP) is 4.31. The molecule has 1 aromatic heterocycles. The van der Waals surface area contributed by atoms with Gasteiger partial charge < -0.3 is 0 Å². The van der Waals surface area contributed by atoms with Crippen LogP contribution in [0.25, 0.3) is 17.0 Å². The Morgan fingerprint density at radius 3 is 2.71 bits per heavy atom. The van der Waals surface area contributed by atoms with Crippen LogP contribution in [0, 0.1) is 13.8 Å². The number of carbonyl (C=O) groups is 1. The third-order valence-corrected chi connectivity index (χ3v) is 4.90. The number of nitrogens with zero attached hydrogens (tertiary/aromatic N) is 1. The smallest absolute Gasteiger partial charge is 0.186 e. The van der Waals surface area contributed by atoms with Crippen LogP contribution in [0.3, 0.4) is 0 Å². The highest BCUT2D eigenvalue weighted by atomic mass is 127. The van der Waals surface area contributed by atoms with Gasteiger partial charge in [-0.05, 0) is 37.1 Å². The lowest BCUT2D eigenvalue weighted by molar-refractivity contribution is 0.104. The van der Waals surface area contributed by atoms with E-state index in [4.69, 9.17) is 0 Å². The first-order valence-corrected chi connectivity index (χ1v) is 8.62. The molecule has 1 aliphatic carbocycles. The molecular formula is C13H10INOS. The Morgan fingerprint density at radius 1 is 1.24 bits per heavy atom. The van der Waals surface area contributed by atoms with E-state index in [0.717, 1.165) is 27.6 Å². The van der Waals surface area contributed by atoms with Crippen molar-refractivity contribution < 1.29 is 4.79 Å². The molecule has 0 saturated carbocycles. The highest BCUT2D eigenvalue weighted by Gasteiger charge is 2.21. The van der Waals surface area contributed by atoms with Crippen LogP contribution in [0.5, 0.6) is 0 Å². The molecular weight excluding hydrogens is 345 g/mol. The van der Waals surface area contributed by atoms with Crippen LogP contribution >= 0.6 is 30.3 Å². The number of carbonyl (C=O) groups excluding carboxylic acids is 1. The zero-order chi connectivity index (χ0) is 12.2. The topological polar surface area (TPSA) is 22.0 Å². The van der Waals surface area contributed by atoms with Crippen molar-refractivity contribution in [2.24, 2.45) is 0 Å². The average Bonchev–Trinajstić information content (AvgIpc) is 2.66. The zero-order valence-electron chi connectivity index (χ0n) is 9.45. The largest absolute Gasteiger partial charge is 0.289 e. The molecule has 4 heteroatoms. The minimum Gasteiger partial charge on any atom is -0.289 e. The molecule has 0 fully saturated rings. The summed E-state index contributed by atoms with van der Waals surface area (Å²) in [6.45, 7) is 4.11. The van der Waals surface area contributed by atoms with Crippen molar-refractivity contribution in [3.63, 3.8) is 0 Å². The van der Waals surface area contributed by atoms with Crippen molar-refractivity contribution in [2.75, 3.05) is 0 Å². The molecule has 0 unspecified atom stereocenters. The molecule has 0 spiro atoms. The standard InChI is InChI=1S/C13H10INOS/c1-7-5-8(2)13-12-9(6-15(13)17-14)3-4-10(16)11(7)12/h3-6H,1-2H3. The summed E-state index contributed by atoms with van der Waals surface area (Å²) in [6.07, 6.45) is 5.68. The third-order valence-electron chi connectivity index (χ3n) is 3.19. The fraction of sp³-hybridized carbons (Fsp3) is 0.154. The summed E-state index contributed by atoms with van der Waals surface area (Å²) in [7, 11) is 1.63. The first kappa shape index (κ1) is 11.3. The zero-order valence-corrected chi connectivity index (χ0v) is 12.4. The fourth-order valence-electron chi connectivity index (χ4n) is 2.55. The van der Waals surface area contributed by atoms with Crippen LogP contribution in [-0.2, 0) is 0 Å². The summed E-state index contributed by atoms with van der Waals surface area (Å²) >= 11 is 2.26. The number of benzene rings is 1. The quantitative estimate of drug-likeness (QED) is 0.711. The molecule has 0 radical (unpaired) electrons. The van der Waals surface area contributed by atoms with Crippen LogP contribution in [0.1, 0.15) is 27.0 Å². The average molecular weight is 355 g/mol. The minimum atomic E-state index is 0.121. The van der Waals surface area contributed by atoms with E-state index < -0.39 is 0 Å². The van der Waals surface area contributed by atoms with Crippen molar-refractivity contribution in [1.82, 2.24) is 3.97 Å². The summed E-state index contributed by atoms with van der Waals surface area (Å²) < 4.78 is 2.13. The maximum absolute atomic E-state index is 12.0. The van der Waals surface area contributed by atoms with Crippen LogP contribution < -0.4 is 0 Å². The van der Waals surface area contributed by atoms with E-state index in [9.17, 15) is 4.79 Å². The number of aromatic nitrogens is 1. The Balaban J connectivity index is 2.57. The van der Waals surface area contributed by atoms with Crippen LogP contribution in [0.15, 0.2) is 18.3 Å². The highest BCUT2D eigenvalue weighted by Crippen LogP contribution is 2.37. The number of aryl methyl sites for hydroxylation is 2. The lowest BCUT2D eigenvalue weighted by atomic mass is 9.92. The molecule has 1 aromatic carbocycles. The van der Waals surface area contributed by atoms with Gasteiger partial charge in [0, 0.05) is 53.0 Å². The summed E-state index contributed by atoms with van der Waals surface area (Å²) in [5.74, 6) is 0.121. The van der Waals surface area contributed by atoms with E-state index in [1.54, 1.807) is 15.2 Å². The normalized spacial score (nSPS) is 13.7. The molecule has 17 heavy (non-hydrogen) atoms. The van der Waals surface area contributed by atoms with Crippen molar-refractivity contribution in [1.29, 1.82) is 0 Å². The van der Waals surface area contributed by atoms with Gasteiger partial charge >= 0.3 is 0 Å². The van der Waals surface area contributed by atoms with Gasteiger partial charge in [-0.3, -0.25) is 8.77 Å². The first-order valence-electron chi connectivity index (χ1n) is 5.30. The van der Waals surface area contributed by atoms with E-state index in [2.05, 4.69) is 44.4 Å². The van der Waals surface area contributed by atoms with Crippen LogP contribution in [-0.4, -0.2) is 9.76 Å². The van der Waals surface area contributed by atoms with Crippen molar-refractivity contribution in [2.45, 2.75) is 13.8 Å². The number of rotatable bonds is 1. The maximum Gasteiger partial charge on any atom is 0.186 e. The second kappa shape index (κ2) is 3.88. The van der Waals surface area contributed by atoms with Gasteiger partial charge in [-0.2, -0.15) is 0 Å². The van der Waals surface area contributed by atoms with Crippen molar-refractivity contribution in [3.8, 4) is 0 Å². The van der Waals surface area contributed by atoms with Gasteiger partial charge in [0.1, 0.15) is 0 Å². The fourth-order valence-corrected chi connectivity index (χ4v) is 3.94. The molecule has 3 rings (SSSR count). The monoisotopic (exact) mass is 355 g/mol. The molecule has 0 saturated heterocycles. The lowest BCUT2D eigenvalue weighted by Gasteiger charge is -2.11. The number of halogens is 1. The molecule has 0 aliphatic heterocycles. The first-order chi connectivity index (χ1) is 8.13. The number of allylic oxidation sites excluding steroid dienone is 1. The molecule has 2 aromatic rings. The second-order valence-corrected chi connectivity index (χ2v) is 6.00. The van der Waals surface area contributed by atoms with Gasteiger partial charge in [-0.1, -0.05) is 6.07 Å². The Kier molecular flexibility index (Phi) is 2.59. The van der Waals surface area contributed by atoms with Gasteiger partial charge in [0.25, 0.3) is 0 Å². The van der Waals surface area contributed by atoms with Crippen molar-refractivity contribution >= 4 is 53.1 Å². The number of ketones is 1. The van der Waals surface area contributed by atoms with E-state index >= 15 is 0 Å². The summed E-state index contributed by atoms with van der Waals surface area (Å²) in [6, 6.07) is 2.10. The molecule has 0 amide bonds. The molecule has 2 nitrogen and oxygen atoms in total. The Hall–Kier alpha value is -0.750. The van der Waals surface area contributed by atoms with E-state index in [0.29, 0.717) is 0 Å². The molecule has 0 atom stereocenters. The van der Waals surface area contributed by atoms with Crippen molar-refractivity contribution in [3.05, 3.63) is 40.6 Å². The third kappa shape index (κ3) is 1.50. The van der Waals surface area contributed by atoms with Crippen LogP contribution in [0.2, 0.25) is 0 Å². The highest BCUT2D eigenvalue weighted by molar-refractivity contribution is 14.2. The maximum atomic E-state index is 12.0. The number of hydrogen-bond acceptors (Lipinski definition) is 2. The summed E-state index contributed by atoms with van der Waals surface area (Å²) in [4.78, 5) is 12.0. The lowest BCUT2D eigenvalue weighted by Crippen LogP contribution is -2.03. The van der Waals surface area contributed by atoms with Gasteiger partial charge in [0.05, 0.1) is 5.52 Å². The molecule has 1 heterocycles. The SMILES string of the molecule is Cc1cc(C)c2c3c(cn2SI)C=CC(=O)c13. The Bertz CT molecular complexity index is 685. The van der Waals surface area contributed by atoms with Gasteiger partial charge in [0.2, 0.25) is 0 Å². The molecule has 1 aliphatic rings. The predicted molar refractivity (Wildman–Crippen MR) is 81.8 cm³/mol. The van der Waals surface area contributed by atoms with E-state index in [1.807, 2.05) is 13.0 Å². The summed E-state index contributed by atoms with van der Waals surface area (Å²) in [5, 5.41) is 1.11. The molecule has 0 bridgehead atoms. The molecule has 0 N–H and O–H groups in total.